The van der Waals surface area contributed by atoms with Crippen LogP contribution in [0.4, 0.5) is 4.48 Å². The van der Waals surface area contributed by atoms with Crippen LogP contribution in [-0.4, -0.2) is 4.79 Å². The van der Waals surface area contributed by atoms with Crippen molar-refractivity contribution in [2.24, 2.45) is 0 Å². The van der Waals surface area contributed by atoms with Gasteiger partial charge in [-0.3, -0.25) is 0 Å². The molecule has 0 bridgehead atoms. The molecule has 90 valence electrons. The summed E-state index contributed by atoms with van der Waals surface area (Å²) < 4.78 is 19.1. The molecule has 0 saturated carbocycles. The van der Waals surface area contributed by atoms with Gasteiger partial charge in [-0.1, -0.05) is 40.9 Å². The first-order chi connectivity index (χ1) is 8.84. The molecule has 0 unspecified atom stereocenters. The fourth-order valence-corrected chi connectivity index (χ4v) is 1.97. The third-order valence-corrected chi connectivity index (χ3v) is 2.88. The summed E-state index contributed by atoms with van der Waals surface area (Å²) in [6.45, 7) is 0.484. The number of aromatic nitrogens is 1. The number of hydrogen-bond acceptors (Lipinski definition) is 1. The van der Waals surface area contributed by atoms with E-state index in [1.54, 1.807) is 18.2 Å². The Morgan fingerprint density at radius 1 is 0.944 bits per heavy atom. The van der Waals surface area contributed by atoms with E-state index in [-0.39, 0.29) is 0 Å². The molecule has 0 aliphatic heterocycles. The highest BCUT2D eigenvalue weighted by atomic mass is 19.2. The van der Waals surface area contributed by atoms with Crippen molar-refractivity contribution in [1.82, 2.24) is 4.79 Å². The molecule has 1 heterocycles. The van der Waals surface area contributed by atoms with Crippen LogP contribution in [0.15, 0.2) is 60.8 Å². The van der Waals surface area contributed by atoms with Gasteiger partial charge in [0.15, 0.2) is 0 Å². The summed E-state index contributed by atoms with van der Waals surface area (Å²) in [6.07, 6.45) is 1.39. The van der Waals surface area contributed by atoms with E-state index in [2.05, 4.69) is 0 Å². The summed E-state index contributed by atoms with van der Waals surface area (Å²) in [6, 6.07) is 17.0. The topological polar surface area (TPSA) is 14.2 Å². The molecule has 0 saturated heterocycles. The third-order valence-electron chi connectivity index (χ3n) is 2.88. The Hall–Kier alpha value is -2.29. The first kappa shape index (κ1) is 10.8. The minimum atomic E-state index is 0.484. The van der Waals surface area contributed by atoms with Crippen molar-refractivity contribution in [3.63, 3.8) is 0 Å². The largest absolute Gasteiger partial charge is 0.488 e. The zero-order valence-electron chi connectivity index (χ0n) is 9.71. The van der Waals surface area contributed by atoms with Crippen LogP contribution in [0.1, 0.15) is 5.56 Å². The lowest BCUT2D eigenvalue weighted by Crippen LogP contribution is -1.95. The van der Waals surface area contributed by atoms with E-state index in [1.165, 1.54) is 6.20 Å². The number of hydrogen-bond donors (Lipinski definition) is 0. The summed E-state index contributed by atoms with van der Waals surface area (Å²) in [5, 5.41) is 0.788. The second-order valence-corrected chi connectivity index (χ2v) is 4.09. The molecule has 0 aliphatic carbocycles. The van der Waals surface area contributed by atoms with Crippen molar-refractivity contribution >= 4 is 10.9 Å². The molecule has 0 atom stereocenters. The van der Waals surface area contributed by atoms with Crippen LogP contribution in [0.25, 0.3) is 10.9 Å². The Labute approximate surface area is 104 Å². The number of fused-ring (bicyclic) bond motifs is 1. The zero-order chi connectivity index (χ0) is 12.4. The predicted octanol–water partition coefficient (Wildman–Crippen LogP) is 3.95. The van der Waals surface area contributed by atoms with Crippen LogP contribution in [-0.2, 0) is 6.61 Å². The lowest BCUT2D eigenvalue weighted by atomic mass is 10.2. The maximum Gasteiger partial charge on any atom is 0.129 e. The average molecular weight is 241 g/mol. The Morgan fingerprint density at radius 2 is 1.78 bits per heavy atom. The van der Waals surface area contributed by atoms with Crippen LogP contribution in [0.5, 0.6) is 5.75 Å². The Morgan fingerprint density at radius 3 is 2.61 bits per heavy atom. The van der Waals surface area contributed by atoms with Gasteiger partial charge >= 0.3 is 0 Å². The van der Waals surface area contributed by atoms with Crippen LogP contribution in [0.2, 0.25) is 0 Å². The molecular weight excluding hydrogens is 229 g/mol. The molecular formula is C15H12FNO. The molecule has 18 heavy (non-hydrogen) atoms. The number of rotatable bonds is 3. The fraction of sp³-hybridized carbons (Fsp3) is 0.0667. The van der Waals surface area contributed by atoms with Crippen molar-refractivity contribution in [2.45, 2.75) is 6.61 Å². The summed E-state index contributed by atoms with van der Waals surface area (Å²) in [7, 11) is 0. The number of nitrogens with zero attached hydrogens (tertiary/aromatic N) is 1. The zero-order valence-corrected chi connectivity index (χ0v) is 9.71. The van der Waals surface area contributed by atoms with Gasteiger partial charge in [0.25, 0.3) is 0 Å². The lowest BCUT2D eigenvalue weighted by Gasteiger charge is -2.07. The van der Waals surface area contributed by atoms with Gasteiger partial charge in [0.05, 0.1) is 5.52 Å². The quantitative estimate of drug-likeness (QED) is 0.677. The Bertz CT molecular complexity index is 661. The monoisotopic (exact) mass is 241 g/mol. The van der Waals surface area contributed by atoms with Crippen molar-refractivity contribution in [3.8, 4) is 5.75 Å². The molecule has 3 aromatic rings. The van der Waals surface area contributed by atoms with Gasteiger partial charge in [0.2, 0.25) is 0 Å². The summed E-state index contributed by atoms with van der Waals surface area (Å²) in [5.41, 5.74) is 1.62. The van der Waals surface area contributed by atoms with Gasteiger partial charge in [-0.2, -0.15) is 4.79 Å². The maximum atomic E-state index is 13.4. The van der Waals surface area contributed by atoms with Crippen molar-refractivity contribution < 1.29 is 9.22 Å². The van der Waals surface area contributed by atoms with Crippen molar-refractivity contribution in [1.29, 1.82) is 0 Å². The van der Waals surface area contributed by atoms with E-state index in [1.807, 2.05) is 36.4 Å². The molecule has 3 rings (SSSR count). The predicted molar refractivity (Wildman–Crippen MR) is 69.2 cm³/mol. The average Bonchev–Trinajstić information content (AvgIpc) is 2.80. The van der Waals surface area contributed by atoms with E-state index < -0.39 is 0 Å². The number of ether oxygens (including phenoxy) is 1. The molecule has 0 spiro atoms. The van der Waals surface area contributed by atoms with Gasteiger partial charge in [-0.25, -0.2) is 0 Å². The van der Waals surface area contributed by atoms with Crippen LogP contribution >= 0.6 is 0 Å². The lowest BCUT2D eigenvalue weighted by molar-refractivity contribution is 0.310. The third kappa shape index (κ3) is 1.95. The molecule has 1 aromatic heterocycles. The normalized spacial score (nSPS) is 10.7. The Kier molecular flexibility index (Phi) is 2.73. The van der Waals surface area contributed by atoms with Gasteiger partial charge in [0, 0.05) is 11.6 Å². The molecule has 2 aromatic carbocycles. The van der Waals surface area contributed by atoms with Crippen LogP contribution in [0.3, 0.4) is 0 Å². The van der Waals surface area contributed by atoms with E-state index in [0.717, 1.165) is 10.9 Å². The van der Waals surface area contributed by atoms with E-state index in [4.69, 9.17) is 4.74 Å². The van der Waals surface area contributed by atoms with E-state index in [9.17, 15) is 4.48 Å². The molecule has 0 radical (unpaired) electrons. The molecule has 0 fully saturated rings. The SMILES string of the molecule is Fn1ccc2c(OCc3ccccc3)cccc21. The van der Waals surface area contributed by atoms with Gasteiger partial charge in [-0.15, -0.1) is 0 Å². The highest BCUT2D eigenvalue weighted by Gasteiger charge is 2.06. The number of halogens is 1. The highest BCUT2D eigenvalue weighted by Crippen LogP contribution is 2.27. The standard InChI is InChI=1S/C15H12FNO/c16-17-10-9-13-14(17)7-4-8-15(13)18-11-12-5-2-1-3-6-12/h1-10H,11H2. The molecule has 0 amide bonds. The minimum absolute atomic E-state index is 0.484. The summed E-state index contributed by atoms with van der Waals surface area (Å²) >= 11 is 0. The first-order valence-electron chi connectivity index (χ1n) is 5.77. The minimum Gasteiger partial charge on any atom is -0.488 e. The highest BCUT2D eigenvalue weighted by molar-refractivity contribution is 5.86. The van der Waals surface area contributed by atoms with Crippen molar-refractivity contribution in [2.75, 3.05) is 0 Å². The van der Waals surface area contributed by atoms with Crippen molar-refractivity contribution in [3.05, 3.63) is 66.4 Å². The smallest absolute Gasteiger partial charge is 0.129 e. The van der Waals surface area contributed by atoms with Crippen LogP contribution < -0.4 is 4.74 Å². The van der Waals surface area contributed by atoms with Gasteiger partial charge in [-0.05, 0) is 23.8 Å². The molecule has 3 heteroatoms. The van der Waals surface area contributed by atoms with Crippen LogP contribution in [0, 0.1) is 0 Å². The summed E-state index contributed by atoms with van der Waals surface area (Å²) in [4.78, 5) is 0.602. The number of benzene rings is 2. The fourth-order valence-electron chi connectivity index (χ4n) is 1.97. The molecule has 0 aliphatic rings. The van der Waals surface area contributed by atoms with E-state index in [0.29, 0.717) is 22.7 Å². The first-order valence-corrected chi connectivity index (χ1v) is 5.77. The second kappa shape index (κ2) is 4.53. The van der Waals surface area contributed by atoms with Gasteiger partial charge < -0.3 is 4.74 Å². The maximum absolute atomic E-state index is 13.4. The molecule has 2 nitrogen and oxygen atoms in total. The van der Waals surface area contributed by atoms with E-state index >= 15 is 0 Å². The molecule has 0 N–H and O–H groups in total. The summed E-state index contributed by atoms with van der Waals surface area (Å²) in [5.74, 6) is 0.702. The van der Waals surface area contributed by atoms with Gasteiger partial charge in [0.1, 0.15) is 12.4 Å². The second-order valence-electron chi connectivity index (χ2n) is 4.09. The Balaban J connectivity index is 1.87.